The van der Waals surface area contributed by atoms with E-state index >= 15 is 0 Å². The van der Waals surface area contributed by atoms with Crippen LogP contribution in [0.1, 0.15) is 39.0 Å². The molecule has 0 atom stereocenters. The van der Waals surface area contributed by atoms with Crippen LogP contribution in [0.3, 0.4) is 0 Å². The fourth-order valence-electron chi connectivity index (χ4n) is 1.91. The lowest BCUT2D eigenvalue weighted by molar-refractivity contribution is 0.263. The van der Waals surface area contributed by atoms with Crippen molar-refractivity contribution >= 4 is 0 Å². The zero-order valence-corrected chi connectivity index (χ0v) is 11.8. The molecule has 1 heterocycles. The minimum atomic E-state index is 0.506. The highest BCUT2D eigenvalue weighted by Gasteiger charge is 2.10. The molecule has 0 spiro atoms. The van der Waals surface area contributed by atoms with Gasteiger partial charge in [0.1, 0.15) is 5.76 Å². The topological polar surface area (TPSA) is 28.4 Å². The van der Waals surface area contributed by atoms with Crippen molar-refractivity contribution < 1.29 is 4.42 Å². The van der Waals surface area contributed by atoms with Crippen LogP contribution in [0.25, 0.3) is 0 Å². The first-order valence-corrected chi connectivity index (χ1v) is 6.46. The number of hydrogen-bond donors (Lipinski definition) is 1. The Morgan fingerprint density at radius 2 is 2.00 bits per heavy atom. The minimum Gasteiger partial charge on any atom is -0.468 e. The van der Waals surface area contributed by atoms with E-state index in [-0.39, 0.29) is 0 Å². The number of furan rings is 1. The summed E-state index contributed by atoms with van der Waals surface area (Å²) in [5.41, 5.74) is 1.27. The molecule has 0 unspecified atom stereocenters. The van der Waals surface area contributed by atoms with Gasteiger partial charge < -0.3 is 9.73 Å². The second-order valence-electron chi connectivity index (χ2n) is 5.50. The second kappa shape index (κ2) is 6.82. The molecule has 0 amide bonds. The zero-order valence-electron chi connectivity index (χ0n) is 11.8. The van der Waals surface area contributed by atoms with E-state index in [1.54, 1.807) is 6.26 Å². The van der Waals surface area contributed by atoms with Gasteiger partial charge >= 0.3 is 0 Å². The van der Waals surface area contributed by atoms with E-state index in [1.807, 2.05) is 0 Å². The lowest BCUT2D eigenvalue weighted by atomic mass is 10.2. The highest BCUT2D eigenvalue weighted by molar-refractivity contribution is 5.16. The van der Waals surface area contributed by atoms with Gasteiger partial charge in [-0.1, -0.05) is 27.7 Å². The molecule has 17 heavy (non-hydrogen) atoms. The van der Waals surface area contributed by atoms with Crippen molar-refractivity contribution in [3.8, 4) is 0 Å². The summed E-state index contributed by atoms with van der Waals surface area (Å²) in [4.78, 5) is 2.31. The van der Waals surface area contributed by atoms with Crippen LogP contribution in [0.4, 0.5) is 0 Å². The van der Waals surface area contributed by atoms with Gasteiger partial charge in [0.25, 0.3) is 0 Å². The molecule has 0 bridgehead atoms. The molecular formula is C14H26N2O. The van der Waals surface area contributed by atoms with Crippen LogP contribution in [0.5, 0.6) is 0 Å². The standard InChI is InChI=1S/C14H26N2O/c1-11(2)9-16(5)10-14-13(6-7-17-14)8-15-12(3)4/h6-7,11-12,15H,8-10H2,1-5H3. The van der Waals surface area contributed by atoms with Crippen molar-refractivity contribution in [1.29, 1.82) is 0 Å². The Morgan fingerprint density at radius 3 is 2.59 bits per heavy atom. The third-order valence-electron chi connectivity index (χ3n) is 2.63. The van der Waals surface area contributed by atoms with E-state index in [1.165, 1.54) is 5.56 Å². The number of hydrogen-bond acceptors (Lipinski definition) is 3. The van der Waals surface area contributed by atoms with Crippen molar-refractivity contribution in [1.82, 2.24) is 10.2 Å². The molecule has 0 saturated carbocycles. The van der Waals surface area contributed by atoms with Crippen molar-refractivity contribution in [2.45, 2.75) is 46.8 Å². The predicted molar refractivity (Wildman–Crippen MR) is 71.9 cm³/mol. The SMILES string of the molecule is CC(C)CN(C)Cc1occc1CNC(C)C. The fourth-order valence-corrected chi connectivity index (χ4v) is 1.91. The number of nitrogens with zero attached hydrogens (tertiary/aromatic N) is 1. The molecule has 0 radical (unpaired) electrons. The van der Waals surface area contributed by atoms with Gasteiger partial charge in [0.05, 0.1) is 12.8 Å². The smallest absolute Gasteiger partial charge is 0.122 e. The van der Waals surface area contributed by atoms with Crippen molar-refractivity contribution in [3.63, 3.8) is 0 Å². The van der Waals surface area contributed by atoms with Crippen LogP contribution in [0, 0.1) is 5.92 Å². The Bertz CT molecular complexity index is 318. The predicted octanol–water partition coefficient (Wildman–Crippen LogP) is 2.87. The van der Waals surface area contributed by atoms with Gasteiger partial charge in [-0.2, -0.15) is 0 Å². The van der Waals surface area contributed by atoms with E-state index in [0.717, 1.165) is 25.4 Å². The highest BCUT2D eigenvalue weighted by Crippen LogP contribution is 2.13. The van der Waals surface area contributed by atoms with Gasteiger partial charge in [-0.25, -0.2) is 0 Å². The molecule has 0 aromatic carbocycles. The molecule has 1 rings (SSSR count). The monoisotopic (exact) mass is 238 g/mol. The van der Waals surface area contributed by atoms with Crippen LogP contribution < -0.4 is 5.32 Å². The molecule has 3 nitrogen and oxygen atoms in total. The van der Waals surface area contributed by atoms with Crippen molar-refractivity contribution in [3.05, 3.63) is 23.7 Å². The Morgan fingerprint density at radius 1 is 1.29 bits per heavy atom. The molecule has 0 saturated heterocycles. The lowest BCUT2D eigenvalue weighted by Gasteiger charge is -2.18. The summed E-state index contributed by atoms with van der Waals surface area (Å²) in [5, 5.41) is 3.42. The van der Waals surface area contributed by atoms with Crippen LogP contribution in [0.15, 0.2) is 16.7 Å². The van der Waals surface area contributed by atoms with Gasteiger partial charge in [-0.05, 0) is 19.0 Å². The Kier molecular flexibility index (Phi) is 5.72. The molecular weight excluding hydrogens is 212 g/mol. The molecule has 1 aromatic heterocycles. The summed E-state index contributed by atoms with van der Waals surface area (Å²) in [5.74, 6) is 1.77. The molecule has 3 heteroatoms. The molecule has 0 aliphatic heterocycles. The number of rotatable bonds is 7. The first-order valence-electron chi connectivity index (χ1n) is 6.46. The fraction of sp³-hybridized carbons (Fsp3) is 0.714. The third kappa shape index (κ3) is 5.37. The quantitative estimate of drug-likeness (QED) is 0.792. The zero-order chi connectivity index (χ0) is 12.8. The summed E-state index contributed by atoms with van der Waals surface area (Å²) in [6.07, 6.45) is 1.79. The van der Waals surface area contributed by atoms with Crippen LogP contribution >= 0.6 is 0 Å². The van der Waals surface area contributed by atoms with Gasteiger partial charge in [-0.3, -0.25) is 4.90 Å². The average molecular weight is 238 g/mol. The van der Waals surface area contributed by atoms with E-state index in [2.05, 4.69) is 51.0 Å². The van der Waals surface area contributed by atoms with Gasteiger partial charge in [0.15, 0.2) is 0 Å². The van der Waals surface area contributed by atoms with E-state index in [0.29, 0.717) is 12.0 Å². The summed E-state index contributed by atoms with van der Waals surface area (Å²) in [6, 6.07) is 2.57. The molecule has 0 fully saturated rings. The van der Waals surface area contributed by atoms with Gasteiger partial charge in [-0.15, -0.1) is 0 Å². The first kappa shape index (κ1) is 14.3. The van der Waals surface area contributed by atoms with E-state index in [9.17, 15) is 0 Å². The maximum atomic E-state index is 5.57. The maximum absolute atomic E-state index is 5.57. The summed E-state index contributed by atoms with van der Waals surface area (Å²) in [7, 11) is 2.14. The van der Waals surface area contributed by atoms with Crippen molar-refractivity contribution in [2.24, 2.45) is 5.92 Å². The van der Waals surface area contributed by atoms with Crippen molar-refractivity contribution in [2.75, 3.05) is 13.6 Å². The average Bonchev–Trinajstić information content (AvgIpc) is 2.60. The normalized spacial score (nSPS) is 12.0. The third-order valence-corrected chi connectivity index (χ3v) is 2.63. The summed E-state index contributed by atoms with van der Waals surface area (Å²) in [6.45, 7) is 11.7. The van der Waals surface area contributed by atoms with Crippen LogP contribution in [0.2, 0.25) is 0 Å². The Hall–Kier alpha value is -0.800. The van der Waals surface area contributed by atoms with Crippen LogP contribution in [-0.2, 0) is 13.1 Å². The molecule has 1 aromatic rings. The second-order valence-corrected chi connectivity index (χ2v) is 5.50. The van der Waals surface area contributed by atoms with Gasteiger partial charge in [0.2, 0.25) is 0 Å². The molecule has 0 aliphatic carbocycles. The Labute approximate surface area is 105 Å². The molecule has 98 valence electrons. The maximum Gasteiger partial charge on any atom is 0.122 e. The van der Waals surface area contributed by atoms with Gasteiger partial charge in [0, 0.05) is 24.7 Å². The van der Waals surface area contributed by atoms with E-state index in [4.69, 9.17) is 4.42 Å². The largest absolute Gasteiger partial charge is 0.468 e. The lowest BCUT2D eigenvalue weighted by Crippen LogP contribution is -2.25. The first-order chi connectivity index (χ1) is 7.99. The molecule has 1 N–H and O–H groups in total. The minimum absolute atomic E-state index is 0.506. The summed E-state index contributed by atoms with van der Waals surface area (Å²) >= 11 is 0. The van der Waals surface area contributed by atoms with E-state index < -0.39 is 0 Å². The van der Waals surface area contributed by atoms with Crippen LogP contribution in [-0.4, -0.2) is 24.5 Å². The summed E-state index contributed by atoms with van der Waals surface area (Å²) < 4.78 is 5.57. The highest BCUT2D eigenvalue weighted by atomic mass is 16.3. The Balaban J connectivity index is 2.50. The number of nitrogens with one attached hydrogen (secondary N) is 1. The molecule has 0 aliphatic rings.